The second-order valence-electron chi connectivity index (χ2n) is 0.471. The van der Waals surface area contributed by atoms with E-state index in [0.717, 1.165) is 0 Å². The fourth-order valence-corrected chi connectivity index (χ4v) is 0. The Hall–Kier alpha value is 0.0774. The normalized spacial score (nSPS) is 4.57. The molecule has 0 bridgehead atoms. The van der Waals surface area contributed by atoms with E-state index in [-0.39, 0.29) is 18.9 Å². The van der Waals surface area contributed by atoms with Crippen molar-refractivity contribution in [2.75, 3.05) is 6.54 Å². The molecule has 0 unspecified atom stereocenters. The van der Waals surface area contributed by atoms with Crippen LogP contribution in [0, 0.1) is 19.4 Å². The molecule has 7 heavy (non-hydrogen) atoms. The smallest absolute Gasteiger partial charge is 0.482 e. The summed E-state index contributed by atoms with van der Waals surface area (Å²) in [4.78, 5) is 0. The van der Waals surface area contributed by atoms with E-state index >= 15 is 0 Å². The van der Waals surface area contributed by atoms with Crippen LogP contribution in [-0.2, 0) is 0 Å². The first-order chi connectivity index (χ1) is 2.91. The molecule has 0 radical (unpaired) electrons. The average molecular weight is 92.1 g/mol. The van der Waals surface area contributed by atoms with Crippen molar-refractivity contribution in [3.63, 3.8) is 0 Å². The van der Waals surface area contributed by atoms with E-state index in [0.29, 0.717) is 6.54 Å². The third kappa shape index (κ3) is 87.0. The van der Waals surface area contributed by atoms with Crippen LogP contribution in [0.25, 0.3) is 0 Å². The molecule has 4 N–H and O–H groups in total. The van der Waals surface area contributed by atoms with Gasteiger partial charge in [-0.25, -0.2) is 0 Å². The molecule has 2 nitrogen and oxygen atoms in total. The molecule has 0 aromatic rings. The molecule has 36 valence electrons. The molecule has 3 heteroatoms. The summed E-state index contributed by atoms with van der Waals surface area (Å²) in [6.45, 7) is 1.88. The van der Waals surface area contributed by atoms with Crippen molar-refractivity contribution < 1.29 is 18.9 Å². The van der Waals surface area contributed by atoms with Crippen LogP contribution in [0.15, 0.2) is 0 Å². The van der Waals surface area contributed by atoms with Gasteiger partial charge in [-0.3, -0.25) is 6.54 Å². The second-order valence-corrected chi connectivity index (χ2v) is 0.471. The Morgan fingerprint density at radius 1 is 1.43 bits per heavy atom. The molecule has 0 atom stereocenters. The minimum absolute atomic E-state index is 0. The predicted octanol–water partition coefficient (Wildman–Crippen LogP) is -3.68. The van der Waals surface area contributed by atoms with Crippen molar-refractivity contribution in [3.8, 4) is 12.8 Å². The van der Waals surface area contributed by atoms with Gasteiger partial charge in [0, 0.05) is 0 Å². The average Bonchev–Trinajstić information content (AvgIpc) is 1.72. The van der Waals surface area contributed by atoms with Gasteiger partial charge in [0.1, 0.15) is 0 Å². The topological polar surface area (TPSA) is 52.0 Å². The number of terminal acetylenes is 1. The molecular formula is C4H9LiN2. The molecule has 0 amide bonds. The minimum Gasteiger partial charge on any atom is -0.482 e. The Labute approximate surface area is 56.8 Å². The van der Waals surface area contributed by atoms with Gasteiger partial charge in [-0.1, -0.05) is 0 Å². The van der Waals surface area contributed by atoms with E-state index in [9.17, 15) is 0 Å². The maximum Gasteiger partial charge on any atom is 1.00 e. The van der Waals surface area contributed by atoms with Gasteiger partial charge in [-0.2, -0.15) is 0 Å². The number of rotatable bonds is 1. The van der Waals surface area contributed by atoms with Gasteiger partial charge in [0.05, 0.1) is 0 Å². The Bertz CT molecular complexity index is 26.1. The zero-order chi connectivity index (χ0) is 5.41. The largest absolute Gasteiger partial charge is 1.00 e. The summed E-state index contributed by atoms with van der Waals surface area (Å²) in [5.41, 5.74) is 9.62. The molecule has 0 aliphatic rings. The second kappa shape index (κ2) is 36.3. The van der Waals surface area contributed by atoms with Crippen LogP contribution in [0.2, 0.25) is 0 Å². The predicted molar refractivity (Wildman–Crippen MR) is 27.4 cm³/mol. The van der Waals surface area contributed by atoms with Crippen molar-refractivity contribution in [1.82, 2.24) is 0 Å². The van der Waals surface area contributed by atoms with Crippen molar-refractivity contribution in [1.29, 1.82) is 0 Å². The van der Waals surface area contributed by atoms with Gasteiger partial charge in [0.15, 0.2) is 0 Å². The monoisotopic (exact) mass is 92.1 g/mol. The molecule has 0 spiro atoms. The SMILES string of the molecule is C#C.N[CH-]CN.[Li+]. The first-order valence-electron chi connectivity index (χ1n) is 1.48. The first-order valence-corrected chi connectivity index (χ1v) is 1.48. The molecule has 0 aromatic carbocycles. The van der Waals surface area contributed by atoms with Gasteiger partial charge in [-0.15, -0.1) is 19.4 Å². The van der Waals surface area contributed by atoms with Crippen LogP contribution < -0.4 is 30.3 Å². The van der Waals surface area contributed by atoms with Crippen molar-refractivity contribution in [3.05, 3.63) is 6.54 Å². The van der Waals surface area contributed by atoms with Crippen LogP contribution >= 0.6 is 0 Å². The molecule has 0 rings (SSSR count). The number of hydrogen-bond donors (Lipinski definition) is 2. The molecule has 0 saturated carbocycles. The zero-order valence-corrected chi connectivity index (χ0v) is 4.59. The van der Waals surface area contributed by atoms with E-state index in [4.69, 9.17) is 11.5 Å². The third-order valence-corrected chi connectivity index (χ3v) is 0.136. The molecular weight excluding hydrogens is 83.0 g/mol. The Balaban J connectivity index is -0.0000000480. The van der Waals surface area contributed by atoms with Crippen LogP contribution in [0.4, 0.5) is 0 Å². The minimum atomic E-state index is 0. The first kappa shape index (κ1) is 15.7. The summed E-state index contributed by atoms with van der Waals surface area (Å²) in [6.07, 6.45) is 8.00. The summed E-state index contributed by atoms with van der Waals surface area (Å²) >= 11 is 0. The maximum atomic E-state index is 4.85. The molecule has 0 heterocycles. The van der Waals surface area contributed by atoms with Gasteiger partial charge >= 0.3 is 18.9 Å². The summed E-state index contributed by atoms with van der Waals surface area (Å²) in [7, 11) is 0. The van der Waals surface area contributed by atoms with Gasteiger partial charge < -0.3 is 11.5 Å². The quantitative estimate of drug-likeness (QED) is 0.199. The Morgan fingerprint density at radius 2 is 1.57 bits per heavy atom. The molecule has 0 fully saturated rings. The molecule has 0 saturated heterocycles. The van der Waals surface area contributed by atoms with Crippen LogP contribution in [0.5, 0.6) is 0 Å². The fourth-order valence-electron chi connectivity index (χ4n) is 0. The summed E-state index contributed by atoms with van der Waals surface area (Å²) in [5, 5.41) is 0. The fraction of sp³-hybridized carbons (Fsp3) is 0.250. The van der Waals surface area contributed by atoms with Gasteiger partial charge in [-0.05, 0) is 0 Å². The van der Waals surface area contributed by atoms with Crippen molar-refractivity contribution in [2.24, 2.45) is 11.5 Å². The van der Waals surface area contributed by atoms with E-state index in [2.05, 4.69) is 12.8 Å². The van der Waals surface area contributed by atoms with Crippen LogP contribution in [0.1, 0.15) is 0 Å². The Kier molecular flexibility index (Phi) is 81.5. The zero-order valence-electron chi connectivity index (χ0n) is 4.59. The third-order valence-electron chi connectivity index (χ3n) is 0.136. The van der Waals surface area contributed by atoms with E-state index in [1.165, 1.54) is 6.54 Å². The van der Waals surface area contributed by atoms with Crippen molar-refractivity contribution in [2.45, 2.75) is 0 Å². The number of hydrogen-bond acceptors (Lipinski definition) is 2. The standard InChI is InChI=1S/C2H7N2.C2H2.Li/c3-1-2-4;1-2;/h1H,2-4H2;1-2H;/q-1;;+1. The van der Waals surface area contributed by atoms with Crippen molar-refractivity contribution >= 4 is 0 Å². The summed E-state index contributed by atoms with van der Waals surface area (Å²) in [5.74, 6) is 0. The summed E-state index contributed by atoms with van der Waals surface area (Å²) in [6, 6.07) is 0. The van der Waals surface area contributed by atoms with E-state index in [1.54, 1.807) is 0 Å². The van der Waals surface area contributed by atoms with E-state index < -0.39 is 0 Å². The number of nitrogens with two attached hydrogens (primary N) is 2. The molecule has 0 aliphatic heterocycles. The molecule has 0 aliphatic carbocycles. The van der Waals surface area contributed by atoms with E-state index in [1.807, 2.05) is 0 Å². The van der Waals surface area contributed by atoms with Gasteiger partial charge in [0.25, 0.3) is 0 Å². The maximum absolute atomic E-state index is 4.85. The van der Waals surface area contributed by atoms with Crippen LogP contribution in [-0.4, -0.2) is 6.54 Å². The Morgan fingerprint density at radius 3 is 1.57 bits per heavy atom. The molecule has 0 aromatic heterocycles. The van der Waals surface area contributed by atoms with Crippen LogP contribution in [0.3, 0.4) is 0 Å². The summed E-state index contributed by atoms with van der Waals surface area (Å²) < 4.78 is 0. The van der Waals surface area contributed by atoms with Gasteiger partial charge in [0.2, 0.25) is 0 Å².